The van der Waals surface area contributed by atoms with Crippen molar-refractivity contribution < 1.29 is 28.6 Å². The fourth-order valence-corrected chi connectivity index (χ4v) is 2.52. The number of amides is 2. The van der Waals surface area contributed by atoms with Crippen molar-refractivity contribution in [2.24, 2.45) is 0 Å². The summed E-state index contributed by atoms with van der Waals surface area (Å²) in [5, 5.41) is 5.31. The second-order valence-corrected chi connectivity index (χ2v) is 6.09. The predicted octanol–water partition coefficient (Wildman–Crippen LogP) is 1.89. The lowest BCUT2D eigenvalue weighted by Crippen LogP contribution is -2.21. The van der Waals surface area contributed by atoms with E-state index in [9.17, 15) is 14.4 Å². The number of benzene rings is 2. The van der Waals surface area contributed by atoms with Crippen molar-refractivity contribution in [2.45, 2.75) is 13.5 Å². The van der Waals surface area contributed by atoms with Crippen LogP contribution in [0.3, 0.4) is 0 Å². The minimum absolute atomic E-state index is 0.132. The number of ether oxygens (including phenoxy) is 3. The zero-order chi connectivity index (χ0) is 19.9. The van der Waals surface area contributed by atoms with E-state index in [4.69, 9.17) is 14.2 Å². The zero-order valence-electron chi connectivity index (χ0n) is 15.3. The smallest absolute Gasteiger partial charge is 0.338 e. The average Bonchev–Trinajstić information content (AvgIpc) is 2.70. The molecule has 2 N–H and O–H groups in total. The van der Waals surface area contributed by atoms with Gasteiger partial charge in [-0.2, -0.15) is 0 Å². The maximum Gasteiger partial charge on any atom is 0.338 e. The van der Waals surface area contributed by atoms with Crippen LogP contribution in [-0.4, -0.2) is 37.6 Å². The highest BCUT2D eigenvalue weighted by Crippen LogP contribution is 2.32. The van der Waals surface area contributed by atoms with Gasteiger partial charge in [-0.1, -0.05) is 12.1 Å². The first-order chi connectivity index (χ1) is 13.5. The largest absolute Gasteiger partial charge is 0.486 e. The van der Waals surface area contributed by atoms with E-state index in [2.05, 4.69) is 10.6 Å². The van der Waals surface area contributed by atoms with Crippen molar-refractivity contribution in [3.05, 3.63) is 53.6 Å². The molecule has 8 nitrogen and oxygen atoms in total. The van der Waals surface area contributed by atoms with Crippen molar-refractivity contribution >= 4 is 23.5 Å². The van der Waals surface area contributed by atoms with Crippen LogP contribution in [0.4, 0.5) is 5.69 Å². The molecule has 0 unspecified atom stereocenters. The Balaban J connectivity index is 1.48. The fourth-order valence-electron chi connectivity index (χ4n) is 2.52. The van der Waals surface area contributed by atoms with E-state index < -0.39 is 18.5 Å². The Morgan fingerprint density at radius 3 is 2.43 bits per heavy atom. The Hall–Kier alpha value is -3.55. The van der Waals surface area contributed by atoms with Crippen LogP contribution in [0.2, 0.25) is 0 Å². The summed E-state index contributed by atoms with van der Waals surface area (Å²) in [6.07, 6.45) is 0. The quantitative estimate of drug-likeness (QED) is 0.738. The van der Waals surface area contributed by atoms with Crippen molar-refractivity contribution in [1.82, 2.24) is 5.32 Å². The Kier molecular flexibility index (Phi) is 6.11. The van der Waals surface area contributed by atoms with Crippen LogP contribution >= 0.6 is 0 Å². The first-order valence-corrected chi connectivity index (χ1v) is 8.71. The predicted molar refractivity (Wildman–Crippen MR) is 100 cm³/mol. The van der Waals surface area contributed by atoms with Gasteiger partial charge in [0.1, 0.15) is 13.2 Å². The van der Waals surface area contributed by atoms with Crippen LogP contribution in [-0.2, 0) is 20.9 Å². The molecule has 8 heteroatoms. The molecule has 1 aliphatic heterocycles. The van der Waals surface area contributed by atoms with Crippen LogP contribution in [0.15, 0.2) is 42.5 Å². The van der Waals surface area contributed by atoms with Gasteiger partial charge in [-0.3, -0.25) is 9.59 Å². The summed E-state index contributed by atoms with van der Waals surface area (Å²) >= 11 is 0. The zero-order valence-corrected chi connectivity index (χ0v) is 15.3. The number of nitrogens with one attached hydrogen (secondary N) is 2. The molecule has 0 atom stereocenters. The molecule has 28 heavy (non-hydrogen) atoms. The number of anilines is 1. The molecule has 1 aliphatic rings. The number of carbonyl (C=O) groups excluding carboxylic acids is 3. The molecule has 3 rings (SSSR count). The van der Waals surface area contributed by atoms with Gasteiger partial charge >= 0.3 is 5.97 Å². The van der Waals surface area contributed by atoms with Crippen molar-refractivity contribution in [1.29, 1.82) is 0 Å². The molecule has 0 fully saturated rings. The molecule has 1 heterocycles. The van der Waals surface area contributed by atoms with E-state index in [-0.39, 0.29) is 5.91 Å². The Morgan fingerprint density at radius 2 is 1.71 bits per heavy atom. The molecule has 146 valence electrons. The van der Waals surface area contributed by atoms with E-state index in [1.165, 1.54) is 6.92 Å². The highest BCUT2D eigenvalue weighted by Gasteiger charge is 2.14. The number of hydrogen-bond donors (Lipinski definition) is 2. The normalized spacial score (nSPS) is 12.0. The summed E-state index contributed by atoms with van der Waals surface area (Å²) in [5.74, 6) is -0.0266. The van der Waals surface area contributed by atoms with E-state index in [0.29, 0.717) is 42.5 Å². The van der Waals surface area contributed by atoms with Crippen LogP contribution in [0.1, 0.15) is 22.8 Å². The van der Waals surface area contributed by atoms with Gasteiger partial charge in [0, 0.05) is 25.2 Å². The summed E-state index contributed by atoms with van der Waals surface area (Å²) in [7, 11) is 0. The molecule has 0 bridgehead atoms. The first-order valence-electron chi connectivity index (χ1n) is 8.71. The van der Waals surface area contributed by atoms with Crippen molar-refractivity contribution in [2.75, 3.05) is 25.1 Å². The third-order valence-electron chi connectivity index (χ3n) is 3.89. The van der Waals surface area contributed by atoms with Crippen LogP contribution in [0.5, 0.6) is 11.5 Å². The van der Waals surface area contributed by atoms with E-state index in [0.717, 1.165) is 5.56 Å². The molecule has 0 aromatic heterocycles. The van der Waals surface area contributed by atoms with E-state index >= 15 is 0 Å². The molecule has 2 amide bonds. The van der Waals surface area contributed by atoms with Crippen molar-refractivity contribution in [3.8, 4) is 11.5 Å². The lowest BCUT2D eigenvalue weighted by molar-refractivity contribution is -0.119. The summed E-state index contributed by atoms with van der Waals surface area (Å²) in [4.78, 5) is 35.0. The lowest BCUT2D eigenvalue weighted by Gasteiger charge is -2.19. The topological polar surface area (TPSA) is 103 Å². The second-order valence-electron chi connectivity index (χ2n) is 6.09. The second kappa shape index (κ2) is 8.90. The average molecular weight is 384 g/mol. The van der Waals surface area contributed by atoms with Gasteiger partial charge in [0.15, 0.2) is 18.1 Å². The van der Waals surface area contributed by atoms with Gasteiger partial charge in [-0.25, -0.2) is 4.79 Å². The summed E-state index contributed by atoms with van der Waals surface area (Å²) in [5.41, 5.74) is 1.69. The van der Waals surface area contributed by atoms with Gasteiger partial charge in [-0.05, 0) is 29.8 Å². The SMILES string of the molecule is CC(=O)NCc1ccc(C(=O)OCC(=O)Nc2ccc3c(c2)OCCO3)cc1. The monoisotopic (exact) mass is 384 g/mol. The Labute approximate surface area is 161 Å². The first kappa shape index (κ1) is 19.2. The molecule has 0 aliphatic carbocycles. The number of rotatable bonds is 6. The van der Waals surface area contributed by atoms with Gasteiger partial charge in [0.2, 0.25) is 5.91 Å². The maximum absolute atomic E-state index is 12.1. The molecule has 0 radical (unpaired) electrons. The number of carbonyl (C=O) groups is 3. The molecule has 0 saturated heterocycles. The van der Waals surface area contributed by atoms with Gasteiger partial charge in [-0.15, -0.1) is 0 Å². The maximum atomic E-state index is 12.1. The highest BCUT2D eigenvalue weighted by molar-refractivity contribution is 5.95. The molecule has 0 spiro atoms. The Morgan fingerprint density at radius 1 is 1.00 bits per heavy atom. The van der Waals surface area contributed by atoms with Crippen LogP contribution in [0, 0.1) is 0 Å². The van der Waals surface area contributed by atoms with Gasteiger partial charge in [0.05, 0.1) is 5.56 Å². The molecule has 2 aromatic rings. The number of fused-ring (bicyclic) bond motifs is 1. The van der Waals surface area contributed by atoms with Gasteiger partial charge < -0.3 is 24.8 Å². The molecular weight excluding hydrogens is 364 g/mol. The highest BCUT2D eigenvalue weighted by atomic mass is 16.6. The summed E-state index contributed by atoms with van der Waals surface area (Å²) in [6, 6.07) is 11.6. The third-order valence-corrected chi connectivity index (χ3v) is 3.89. The number of hydrogen-bond acceptors (Lipinski definition) is 6. The van der Waals surface area contributed by atoms with Crippen LogP contribution < -0.4 is 20.1 Å². The minimum Gasteiger partial charge on any atom is -0.486 e. The Bertz CT molecular complexity index is 879. The summed E-state index contributed by atoms with van der Waals surface area (Å²) in [6.45, 7) is 2.33. The van der Waals surface area contributed by atoms with Crippen LogP contribution in [0.25, 0.3) is 0 Å². The molecule has 0 saturated carbocycles. The minimum atomic E-state index is -0.608. The van der Waals surface area contributed by atoms with E-state index in [1.54, 1.807) is 42.5 Å². The van der Waals surface area contributed by atoms with E-state index in [1.807, 2.05) is 0 Å². The molecule has 2 aromatic carbocycles. The van der Waals surface area contributed by atoms with Crippen molar-refractivity contribution in [3.63, 3.8) is 0 Å². The fraction of sp³-hybridized carbons (Fsp3) is 0.250. The molecular formula is C20H20N2O6. The third kappa shape index (κ3) is 5.23. The van der Waals surface area contributed by atoms with Gasteiger partial charge in [0.25, 0.3) is 5.91 Å². The lowest BCUT2D eigenvalue weighted by atomic mass is 10.1. The standard InChI is InChI=1S/C20H20N2O6/c1-13(23)21-11-14-2-4-15(5-3-14)20(25)28-12-19(24)22-16-6-7-17-18(10-16)27-9-8-26-17/h2-7,10H,8-9,11-12H2,1H3,(H,21,23)(H,22,24). The summed E-state index contributed by atoms with van der Waals surface area (Å²) < 4.78 is 15.9. The number of esters is 1.